The first kappa shape index (κ1) is 17.7. The zero-order valence-corrected chi connectivity index (χ0v) is 11.7. The third-order valence-corrected chi connectivity index (χ3v) is 3.58. The van der Waals surface area contributed by atoms with E-state index in [4.69, 9.17) is 19.8 Å². The Morgan fingerprint density at radius 1 is 1.40 bits per heavy atom. The van der Waals surface area contributed by atoms with Crippen LogP contribution < -0.4 is 15.9 Å². The van der Waals surface area contributed by atoms with E-state index in [1.54, 1.807) is 12.8 Å². The van der Waals surface area contributed by atoms with E-state index in [2.05, 4.69) is 5.73 Å². The van der Waals surface area contributed by atoms with Crippen LogP contribution in [0.4, 0.5) is 0 Å². The molecule has 0 bridgehead atoms. The molecule has 0 spiro atoms. The van der Waals surface area contributed by atoms with E-state index >= 15 is 0 Å². The summed E-state index contributed by atoms with van der Waals surface area (Å²) in [7, 11) is 0. The molecule has 0 unspecified atom stereocenters. The van der Waals surface area contributed by atoms with Crippen molar-refractivity contribution in [3.8, 4) is 0 Å². The van der Waals surface area contributed by atoms with E-state index < -0.39 is 12.4 Å². The molecule has 0 aromatic heterocycles. The van der Waals surface area contributed by atoms with Gasteiger partial charge >= 0.3 is 73.2 Å². The minimum atomic E-state index is -1.22. The van der Waals surface area contributed by atoms with Crippen LogP contribution in [0.3, 0.4) is 0 Å². The quantitative estimate of drug-likeness (QED) is 0.575. The standard InChI is InChI=1S/C6H11.C2H5NO2.CH2O2.Ce/c1-2-4-6-5-3-1;3-1-2(4)5;2-1-3;/h1H,2-6H2;1,3H2,(H,4,5);1H,(H,2,3);/q;;;+2/p-2. The van der Waals surface area contributed by atoms with Gasteiger partial charge < -0.3 is 25.5 Å². The molecule has 0 aromatic rings. The second-order valence-electron chi connectivity index (χ2n) is 3.01. The summed E-state index contributed by atoms with van der Waals surface area (Å²) in [5.41, 5.74) is 4.51. The van der Waals surface area contributed by atoms with E-state index in [9.17, 15) is 0 Å². The van der Waals surface area contributed by atoms with Crippen molar-refractivity contribution in [2.75, 3.05) is 6.54 Å². The fourth-order valence-corrected chi connectivity index (χ4v) is 2.38. The Balaban J connectivity index is 0. The van der Waals surface area contributed by atoms with Gasteiger partial charge in [-0.1, -0.05) is 0 Å². The second kappa shape index (κ2) is 14.3. The first-order valence-electron chi connectivity index (χ1n) is 4.75. The number of rotatable bonds is 1. The molecule has 6 heteroatoms. The number of carbonyl (C=O) groups is 2. The van der Waals surface area contributed by atoms with Crippen molar-refractivity contribution in [2.45, 2.75) is 33.5 Å². The van der Waals surface area contributed by atoms with Gasteiger partial charge in [0, 0.05) is 13.0 Å². The molecule has 5 nitrogen and oxygen atoms in total. The van der Waals surface area contributed by atoms with Crippen molar-refractivity contribution in [2.24, 2.45) is 5.73 Å². The molecular formula is C9H16CeNO4. The molecule has 0 atom stereocenters. The molecule has 1 aliphatic carbocycles. The molecule has 0 saturated heterocycles. The molecule has 0 aromatic carbocycles. The molecule has 1 fully saturated rings. The van der Waals surface area contributed by atoms with Crippen molar-refractivity contribution in [3.05, 3.63) is 0 Å². The maximum absolute atomic E-state index is 9.13. The SMILES string of the molecule is NCC(=O)[O-].O=C[O-].[Ce+2][CH]1CCCCC1. The number of aliphatic carboxylic acids is 1. The zero-order chi connectivity index (χ0) is 12.1. The van der Waals surface area contributed by atoms with Gasteiger partial charge in [0.05, 0.1) is 5.97 Å². The van der Waals surface area contributed by atoms with Crippen LogP contribution >= 0.6 is 0 Å². The number of carboxylic acid groups (broad SMARTS) is 2. The molecule has 0 amide bonds. The van der Waals surface area contributed by atoms with Gasteiger partial charge in [-0.05, 0) is 0 Å². The molecule has 0 heterocycles. The van der Waals surface area contributed by atoms with Crippen LogP contribution in [-0.2, 0) is 9.59 Å². The maximum atomic E-state index is 9.13. The summed E-state index contributed by atoms with van der Waals surface area (Å²) in [6.45, 7) is -0.889. The molecule has 1 aliphatic rings. The van der Waals surface area contributed by atoms with Crippen LogP contribution in [0, 0.1) is 39.6 Å². The van der Waals surface area contributed by atoms with E-state index in [0.717, 1.165) is 0 Å². The average molecular weight is 342 g/mol. The van der Waals surface area contributed by atoms with Crippen LogP contribution in [0.25, 0.3) is 0 Å². The van der Waals surface area contributed by atoms with E-state index in [0.29, 0.717) is 0 Å². The number of carbonyl (C=O) groups excluding carboxylic acids is 2. The van der Waals surface area contributed by atoms with Gasteiger partial charge in [-0.3, -0.25) is 0 Å². The predicted molar refractivity (Wildman–Crippen MR) is 47.0 cm³/mol. The normalized spacial score (nSPS) is 15.1. The van der Waals surface area contributed by atoms with Gasteiger partial charge in [0.1, 0.15) is 0 Å². The number of carboxylic acids is 1. The zero-order valence-electron chi connectivity index (χ0n) is 8.61. The van der Waals surface area contributed by atoms with Gasteiger partial charge in [0.25, 0.3) is 0 Å². The Labute approximate surface area is 117 Å². The van der Waals surface area contributed by atoms with Gasteiger partial charge in [-0.15, -0.1) is 0 Å². The Morgan fingerprint density at radius 3 is 1.87 bits per heavy atom. The van der Waals surface area contributed by atoms with Gasteiger partial charge in [-0.25, -0.2) is 0 Å². The van der Waals surface area contributed by atoms with Crippen molar-refractivity contribution in [3.63, 3.8) is 0 Å². The van der Waals surface area contributed by atoms with Crippen molar-refractivity contribution < 1.29 is 59.5 Å². The number of nitrogens with two attached hydrogens (primary N) is 1. The summed E-state index contributed by atoms with van der Waals surface area (Å²) >= 11 is 1.45. The van der Waals surface area contributed by atoms with Crippen LogP contribution in [0.5, 0.6) is 0 Å². The summed E-state index contributed by atoms with van der Waals surface area (Å²) < 4.78 is 1.17. The first-order chi connectivity index (χ1) is 7.08. The Hall–Kier alpha value is 0.277. The number of hydrogen-bond acceptors (Lipinski definition) is 5. The second-order valence-corrected chi connectivity index (χ2v) is 5.57. The average Bonchev–Trinajstić information content (AvgIpc) is 2.21. The Kier molecular flexibility index (Phi) is 16.8. The molecule has 85 valence electrons. The predicted octanol–water partition coefficient (Wildman–Crippen LogP) is -1.65. The minimum absolute atomic E-state index is 0.389. The van der Waals surface area contributed by atoms with Crippen LogP contribution in [0.2, 0.25) is 1.44 Å². The summed E-state index contributed by atoms with van der Waals surface area (Å²) in [5, 5.41) is 17.4. The molecule has 15 heavy (non-hydrogen) atoms. The summed E-state index contributed by atoms with van der Waals surface area (Å²) in [4.78, 5) is 17.4. The van der Waals surface area contributed by atoms with E-state index in [-0.39, 0.29) is 6.54 Å². The van der Waals surface area contributed by atoms with E-state index in [1.165, 1.54) is 60.3 Å². The molecule has 0 radical (unpaired) electrons. The molecule has 2 N–H and O–H groups in total. The summed E-state index contributed by atoms with van der Waals surface area (Å²) in [6.07, 6.45) is 7.65. The molecule has 1 rings (SSSR count). The monoisotopic (exact) mass is 342 g/mol. The van der Waals surface area contributed by atoms with Crippen LogP contribution in [-0.4, -0.2) is 19.0 Å². The van der Waals surface area contributed by atoms with Gasteiger partial charge in [-0.2, -0.15) is 0 Å². The van der Waals surface area contributed by atoms with Gasteiger partial charge in [0.2, 0.25) is 0 Å². The summed E-state index contributed by atoms with van der Waals surface area (Å²) in [5.74, 6) is -1.22. The fraction of sp³-hybridized carbons (Fsp3) is 0.778. The fourth-order valence-electron chi connectivity index (χ4n) is 1.10. The van der Waals surface area contributed by atoms with Crippen LogP contribution in [0.1, 0.15) is 32.1 Å². The third kappa shape index (κ3) is 20.4. The first-order valence-corrected chi connectivity index (χ1v) is 6.56. The van der Waals surface area contributed by atoms with Crippen molar-refractivity contribution >= 4 is 12.4 Å². The third-order valence-electron chi connectivity index (χ3n) is 1.77. The summed E-state index contributed by atoms with van der Waals surface area (Å²) in [6, 6.07) is 0. The van der Waals surface area contributed by atoms with Crippen LogP contribution in [0.15, 0.2) is 0 Å². The molecular weight excluding hydrogens is 326 g/mol. The van der Waals surface area contributed by atoms with Crippen molar-refractivity contribution in [1.82, 2.24) is 0 Å². The number of hydrogen-bond donors (Lipinski definition) is 1. The van der Waals surface area contributed by atoms with Crippen molar-refractivity contribution in [1.29, 1.82) is 0 Å². The van der Waals surface area contributed by atoms with E-state index in [1.807, 2.05) is 0 Å². The topological polar surface area (TPSA) is 106 Å². The Bertz CT molecular complexity index is 160. The Morgan fingerprint density at radius 2 is 1.73 bits per heavy atom. The molecule has 0 aliphatic heterocycles. The van der Waals surface area contributed by atoms with Gasteiger partial charge in [0.15, 0.2) is 0 Å². The molecule has 1 saturated carbocycles.